The second kappa shape index (κ2) is 12.6. The third-order valence-corrected chi connectivity index (χ3v) is 6.72. The third kappa shape index (κ3) is 7.09. The van der Waals surface area contributed by atoms with Crippen LogP contribution in [0.3, 0.4) is 0 Å². The Hall–Kier alpha value is -2.81. The molecule has 0 unspecified atom stereocenters. The van der Waals surface area contributed by atoms with Crippen LogP contribution in [0.4, 0.5) is 5.69 Å². The Morgan fingerprint density at radius 1 is 0.912 bits per heavy atom. The average Bonchev–Trinajstić information content (AvgIpc) is 2.86. The second-order valence-electron chi connectivity index (χ2n) is 8.40. The van der Waals surface area contributed by atoms with Crippen molar-refractivity contribution in [3.05, 3.63) is 59.1 Å². The summed E-state index contributed by atoms with van der Waals surface area (Å²) in [7, 11) is 1.76. The van der Waals surface area contributed by atoms with Crippen molar-refractivity contribution >= 4 is 29.2 Å². The highest BCUT2D eigenvalue weighted by Crippen LogP contribution is 2.29. The summed E-state index contributed by atoms with van der Waals surface area (Å²) in [5.74, 6) is -2.67. The van der Waals surface area contributed by atoms with Gasteiger partial charge in [-0.05, 0) is 49.7 Å². The van der Waals surface area contributed by atoms with Gasteiger partial charge in [-0.3, -0.25) is 9.80 Å². The van der Waals surface area contributed by atoms with Crippen LogP contribution < -0.4 is 9.64 Å². The number of piperazine rings is 1. The van der Waals surface area contributed by atoms with Gasteiger partial charge in [-0.15, -0.1) is 0 Å². The molecule has 2 saturated heterocycles. The van der Waals surface area contributed by atoms with Crippen molar-refractivity contribution in [3.8, 4) is 5.75 Å². The Labute approximate surface area is 205 Å². The molecule has 34 heavy (non-hydrogen) atoms. The number of hydrogen-bond donors (Lipinski definition) is 2. The van der Waals surface area contributed by atoms with Gasteiger partial charge in [0.2, 0.25) is 0 Å². The molecule has 0 atom stereocenters. The van der Waals surface area contributed by atoms with Crippen molar-refractivity contribution < 1.29 is 24.5 Å². The van der Waals surface area contributed by atoms with Gasteiger partial charge in [0.05, 0.1) is 12.8 Å². The number of hydrogen-bond acceptors (Lipinski definition) is 6. The highest BCUT2D eigenvalue weighted by molar-refractivity contribution is 6.31. The first-order valence-corrected chi connectivity index (χ1v) is 11.8. The van der Waals surface area contributed by atoms with E-state index in [4.69, 9.17) is 36.1 Å². The fraction of sp³-hybridized carbons (Fsp3) is 0.440. The molecular weight excluding hydrogens is 458 g/mol. The Kier molecular flexibility index (Phi) is 9.56. The molecular formula is C25H32ClN3O5. The van der Waals surface area contributed by atoms with Gasteiger partial charge in [0.15, 0.2) is 0 Å². The van der Waals surface area contributed by atoms with Crippen molar-refractivity contribution in [2.24, 2.45) is 0 Å². The summed E-state index contributed by atoms with van der Waals surface area (Å²) in [6.45, 7) is 7.68. The number of ether oxygens (including phenoxy) is 1. The van der Waals surface area contributed by atoms with Crippen molar-refractivity contribution in [1.82, 2.24) is 9.80 Å². The molecule has 8 nitrogen and oxygen atoms in total. The third-order valence-electron chi connectivity index (χ3n) is 6.35. The van der Waals surface area contributed by atoms with Crippen molar-refractivity contribution in [2.45, 2.75) is 25.4 Å². The van der Waals surface area contributed by atoms with Crippen molar-refractivity contribution in [3.63, 3.8) is 0 Å². The highest BCUT2D eigenvalue weighted by Gasteiger charge is 2.28. The molecule has 2 aliphatic heterocycles. The predicted octanol–water partition coefficient (Wildman–Crippen LogP) is 3.29. The lowest BCUT2D eigenvalue weighted by Gasteiger charge is -2.43. The number of piperidine rings is 1. The van der Waals surface area contributed by atoms with E-state index in [9.17, 15) is 0 Å². The lowest BCUT2D eigenvalue weighted by atomic mass is 10.0. The summed E-state index contributed by atoms with van der Waals surface area (Å²) in [6.07, 6.45) is 2.50. The van der Waals surface area contributed by atoms with Crippen molar-refractivity contribution in [1.29, 1.82) is 0 Å². The van der Waals surface area contributed by atoms with Gasteiger partial charge in [-0.2, -0.15) is 0 Å². The van der Waals surface area contributed by atoms with Crippen molar-refractivity contribution in [2.75, 3.05) is 51.3 Å². The zero-order valence-electron chi connectivity index (χ0n) is 19.4. The van der Waals surface area contributed by atoms with Crippen LogP contribution in [-0.4, -0.2) is 84.4 Å². The van der Waals surface area contributed by atoms with Gasteiger partial charge in [0.25, 0.3) is 0 Å². The van der Waals surface area contributed by atoms with Crippen LogP contribution in [0.5, 0.6) is 5.75 Å². The molecule has 2 aromatic carbocycles. The maximum absolute atomic E-state index is 9.10. The summed E-state index contributed by atoms with van der Waals surface area (Å²) >= 11 is 6.33. The average molecular weight is 490 g/mol. The zero-order valence-corrected chi connectivity index (χ0v) is 20.2. The SMILES string of the molecule is COc1ccccc1N1CCN(C2CCN(Cc3ccccc3Cl)CC2)CC1.O=C(O)C(=O)O. The summed E-state index contributed by atoms with van der Waals surface area (Å²) in [6, 6.07) is 17.3. The molecule has 0 saturated carbocycles. The molecule has 2 aromatic rings. The Morgan fingerprint density at radius 2 is 1.50 bits per heavy atom. The summed E-state index contributed by atoms with van der Waals surface area (Å²) in [5, 5.41) is 15.7. The molecule has 2 aliphatic rings. The van der Waals surface area contributed by atoms with E-state index in [1.165, 1.54) is 24.1 Å². The van der Waals surface area contributed by atoms with Gasteiger partial charge in [0, 0.05) is 43.8 Å². The molecule has 0 aliphatic carbocycles. The molecule has 2 N–H and O–H groups in total. The van der Waals surface area contributed by atoms with E-state index in [-0.39, 0.29) is 0 Å². The van der Waals surface area contributed by atoms with Crippen LogP contribution in [0, 0.1) is 0 Å². The summed E-state index contributed by atoms with van der Waals surface area (Å²) < 4.78 is 5.54. The van der Waals surface area contributed by atoms with Crippen LogP contribution in [0.15, 0.2) is 48.5 Å². The molecule has 2 heterocycles. The smallest absolute Gasteiger partial charge is 0.414 e. The maximum Gasteiger partial charge on any atom is 0.414 e. The minimum atomic E-state index is -1.82. The van der Waals surface area contributed by atoms with Crippen LogP contribution in [0.2, 0.25) is 5.02 Å². The number of carboxylic acid groups (broad SMARTS) is 2. The van der Waals surface area contributed by atoms with Gasteiger partial charge in [0.1, 0.15) is 5.75 Å². The minimum Gasteiger partial charge on any atom is -0.495 e. The van der Waals surface area contributed by atoms with Crippen LogP contribution >= 0.6 is 11.6 Å². The number of likely N-dealkylation sites (tertiary alicyclic amines) is 1. The molecule has 2 fully saturated rings. The quantitative estimate of drug-likeness (QED) is 0.618. The number of anilines is 1. The summed E-state index contributed by atoms with van der Waals surface area (Å²) in [5.41, 5.74) is 2.47. The number of aliphatic carboxylic acids is 2. The van der Waals surface area contributed by atoms with E-state index < -0.39 is 11.9 Å². The molecule has 0 aromatic heterocycles. The van der Waals surface area contributed by atoms with Gasteiger partial charge < -0.3 is 19.8 Å². The number of benzene rings is 2. The summed E-state index contributed by atoms with van der Waals surface area (Å²) in [4.78, 5) is 25.9. The number of rotatable bonds is 5. The number of para-hydroxylation sites is 2. The Bertz CT molecular complexity index is 945. The number of methoxy groups -OCH3 is 1. The Balaban J connectivity index is 0.000000481. The van der Waals surface area contributed by atoms with E-state index >= 15 is 0 Å². The van der Waals surface area contributed by atoms with Gasteiger partial charge in [-0.25, -0.2) is 9.59 Å². The number of carboxylic acids is 2. The molecule has 9 heteroatoms. The first-order valence-electron chi connectivity index (χ1n) is 11.4. The lowest BCUT2D eigenvalue weighted by Crippen LogP contribution is -2.53. The number of carbonyl (C=O) groups is 2. The van der Waals surface area contributed by atoms with E-state index in [0.29, 0.717) is 6.04 Å². The molecule has 0 radical (unpaired) electrons. The molecule has 0 bridgehead atoms. The largest absolute Gasteiger partial charge is 0.495 e. The topological polar surface area (TPSA) is 93.5 Å². The predicted molar refractivity (Wildman–Crippen MR) is 132 cm³/mol. The van der Waals surface area contributed by atoms with Crippen LogP contribution in [0.25, 0.3) is 0 Å². The zero-order chi connectivity index (χ0) is 24.5. The normalized spacial score (nSPS) is 17.5. The van der Waals surface area contributed by atoms with Crippen LogP contribution in [0.1, 0.15) is 18.4 Å². The number of halogens is 1. The van der Waals surface area contributed by atoms with Gasteiger partial charge >= 0.3 is 11.9 Å². The van der Waals surface area contributed by atoms with E-state index in [1.54, 1.807) is 7.11 Å². The van der Waals surface area contributed by atoms with Gasteiger partial charge in [-0.1, -0.05) is 41.9 Å². The second-order valence-corrected chi connectivity index (χ2v) is 8.81. The fourth-order valence-electron chi connectivity index (χ4n) is 4.53. The molecule has 4 rings (SSSR count). The standard InChI is InChI=1S/C23H30ClN3O.C2H2O4/c1-28-23-9-5-4-8-22(23)27-16-14-26(15-17-27)20-10-12-25(13-11-20)18-19-6-2-3-7-21(19)24;3-1(4)2(5)6/h2-9,20H,10-18H2,1H3;(H,3,4)(H,5,6). The Morgan fingerprint density at radius 3 is 2.09 bits per heavy atom. The fourth-order valence-corrected chi connectivity index (χ4v) is 4.72. The number of nitrogens with zero attached hydrogens (tertiary/aromatic N) is 3. The van der Waals surface area contributed by atoms with E-state index in [1.807, 2.05) is 18.2 Å². The molecule has 0 spiro atoms. The van der Waals surface area contributed by atoms with E-state index in [0.717, 1.165) is 56.6 Å². The van der Waals surface area contributed by atoms with Crippen LogP contribution in [-0.2, 0) is 16.1 Å². The maximum atomic E-state index is 9.10. The molecule has 0 amide bonds. The molecule has 184 valence electrons. The lowest BCUT2D eigenvalue weighted by molar-refractivity contribution is -0.159. The first-order chi connectivity index (χ1) is 16.4. The highest BCUT2D eigenvalue weighted by atomic mass is 35.5. The van der Waals surface area contributed by atoms with E-state index in [2.05, 4.69) is 45.0 Å². The minimum absolute atomic E-state index is 0.710. The monoisotopic (exact) mass is 489 g/mol. The first kappa shape index (κ1) is 25.8.